The van der Waals surface area contributed by atoms with Crippen LogP contribution in [-0.2, 0) is 9.84 Å². The van der Waals surface area contributed by atoms with Crippen LogP contribution in [0.15, 0.2) is 0 Å². The number of hydrogen-bond acceptors (Lipinski definition) is 2. The molecule has 2 nitrogen and oxygen atoms in total. The second-order valence-electron chi connectivity index (χ2n) is 3.51. The van der Waals surface area contributed by atoms with Crippen LogP contribution in [0.2, 0.25) is 0 Å². The summed E-state index contributed by atoms with van der Waals surface area (Å²) >= 11 is 0. The molecule has 0 spiro atoms. The molecule has 0 aromatic rings. The molecule has 1 aliphatic heterocycles. The molecule has 0 saturated carbocycles. The van der Waals surface area contributed by atoms with E-state index < -0.39 is 9.84 Å². The zero-order chi connectivity index (χ0) is 9.12. The van der Waals surface area contributed by atoms with Crippen molar-refractivity contribution in [1.29, 1.82) is 0 Å². The molecule has 0 atom stereocenters. The third-order valence-electron chi connectivity index (χ3n) is 1.70. The first-order valence-electron chi connectivity index (χ1n) is 4.12. The van der Waals surface area contributed by atoms with Gasteiger partial charge < -0.3 is 0 Å². The second kappa shape index (κ2) is 3.57. The van der Waals surface area contributed by atoms with Gasteiger partial charge in [-0.2, -0.15) is 0 Å². The van der Waals surface area contributed by atoms with Crippen LogP contribution in [0.1, 0.15) is 34.1 Å². The van der Waals surface area contributed by atoms with Gasteiger partial charge in [-0.25, -0.2) is 8.42 Å². The number of rotatable bonds is 0. The highest BCUT2D eigenvalue weighted by Gasteiger charge is 2.33. The van der Waals surface area contributed by atoms with Crippen LogP contribution < -0.4 is 0 Å². The van der Waals surface area contributed by atoms with Crippen molar-refractivity contribution >= 4 is 9.84 Å². The van der Waals surface area contributed by atoms with Crippen LogP contribution in [0, 0.1) is 5.41 Å². The van der Waals surface area contributed by atoms with E-state index in [1.165, 1.54) is 0 Å². The zero-order valence-electron chi connectivity index (χ0n) is 7.85. The molecule has 0 N–H and O–H groups in total. The minimum atomic E-state index is -2.65. The highest BCUT2D eigenvalue weighted by atomic mass is 32.2. The van der Waals surface area contributed by atoms with Gasteiger partial charge in [-0.05, 0) is 11.8 Å². The van der Waals surface area contributed by atoms with Gasteiger partial charge in [0, 0.05) is 0 Å². The van der Waals surface area contributed by atoms with E-state index in [2.05, 4.69) is 0 Å². The van der Waals surface area contributed by atoms with Crippen LogP contribution in [0.25, 0.3) is 0 Å². The van der Waals surface area contributed by atoms with Crippen molar-refractivity contribution in [1.82, 2.24) is 0 Å². The molecule has 0 aliphatic carbocycles. The fourth-order valence-electron chi connectivity index (χ4n) is 1.17. The Balaban J connectivity index is 0.000000461. The summed E-state index contributed by atoms with van der Waals surface area (Å²) in [7, 11) is -2.65. The molecule has 3 heteroatoms. The Kier molecular flexibility index (Phi) is 3.55. The minimum Gasteiger partial charge on any atom is -0.229 e. The molecule has 0 unspecified atom stereocenters. The van der Waals surface area contributed by atoms with Crippen LogP contribution in [0.5, 0.6) is 0 Å². The lowest BCUT2D eigenvalue weighted by Crippen LogP contribution is -2.12. The van der Waals surface area contributed by atoms with Crippen molar-refractivity contribution in [2.24, 2.45) is 5.41 Å². The molecular formula is C8H18O2S. The Morgan fingerprint density at radius 2 is 1.64 bits per heavy atom. The van der Waals surface area contributed by atoms with E-state index in [0.717, 1.165) is 6.42 Å². The van der Waals surface area contributed by atoms with Gasteiger partial charge >= 0.3 is 0 Å². The molecule has 1 aliphatic rings. The summed E-state index contributed by atoms with van der Waals surface area (Å²) in [4.78, 5) is 0. The first kappa shape index (κ1) is 11.0. The average Bonchev–Trinajstić information content (AvgIpc) is 2.10. The van der Waals surface area contributed by atoms with Gasteiger partial charge in [0.2, 0.25) is 0 Å². The third kappa shape index (κ3) is 3.75. The molecule has 0 aromatic carbocycles. The van der Waals surface area contributed by atoms with Crippen LogP contribution in [0.3, 0.4) is 0 Å². The molecule has 11 heavy (non-hydrogen) atoms. The van der Waals surface area contributed by atoms with E-state index in [0.29, 0.717) is 11.5 Å². The Hall–Kier alpha value is -0.0500. The van der Waals surface area contributed by atoms with Crippen LogP contribution in [-0.4, -0.2) is 19.9 Å². The summed E-state index contributed by atoms with van der Waals surface area (Å²) in [6.07, 6.45) is 0.829. The summed E-state index contributed by atoms with van der Waals surface area (Å²) in [5.41, 5.74) is 0.0405. The Bertz CT molecular complexity index is 202. The van der Waals surface area contributed by atoms with Crippen molar-refractivity contribution in [3.8, 4) is 0 Å². The standard InChI is InChI=1S/C6H12O2S.C2H6/c1-6(2)3-4-9(7,8)5-6;1-2/h3-5H2,1-2H3;1-2H3. The zero-order valence-corrected chi connectivity index (χ0v) is 8.66. The molecule has 0 bridgehead atoms. The first-order chi connectivity index (χ1) is 4.91. The molecule has 68 valence electrons. The molecule has 1 fully saturated rings. The Labute approximate surface area is 69.9 Å². The lowest BCUT2D eigenvalue weighted by molar-refractivity contribution is 0.427. The van der Waals surface area contributed by atoms with Crippen molar-refractivity contribution in [2.75, 3.05) is 11.5 Å². The van der Waals surface area contributed by atoms with Gasteiger partial charge in [0.1, 0.15) is 0 Å². The van der Waals surface area contributed by atoms with E-state index >= 15 is 0 Å². The van der Waals surface area contributed by atoms with E-state index in [1.54, 1.807) is 0 Å². The van der Waals surface area contributed by atoms with Crippen molar-refractivity contribution < 1.29 is 8.42 Å². The smallest absolute Gasteiger partial charge is 0.150 e. The molecule has 1 saturated heterocycles. The first-order valence-corrected chi connectivity index (χ1v) is 5.94. The van der Waals surface area contributed by atoms with Gasteiger partial charge in [0.05, 0.1) is 11.5 Å². The molecule has 0 amide bonds. The van der Waals surface area contributed by atoms with E-state index in [9.17, 15) is 8.42 Å². The van der Waals surface area contributed by atoms with Crippen LogP contribution >= 0.6 is 0 Å². The van der Waals surface area contributed by atoms with Crippen molar-refractivity contribution in [2.45, 2.75) is 34.1 Å². The topological polar surface area (TPSA) is 34.1 Å². The lowest BCUT2D eigenvalue weighted by atomic mass is 9.94. The quantitative estimate of drug-likeness (QED) is 0.567. The largest absolute Gasteiger partial charge is 0.229 e. The van der Waals surface area contributed by atoms with Gasteiger partial charge in [-0.15, -0.1) is 0 Å². The molecule has 1 heterocycles. The SMILES string of the molecule is CC.CC1(C)CCS(=O)(=O)C1. The fourth-order valence-corrected chi connectivity index (χ4v) is 3.51. The fraction of sp³-hybridized carbons (Fsp3) is 1.00. The summed E-state index contributed by atoms with van der Waals surface area (Å²) in [6.45, 7) is 8.00. The maximum Gasteiger partial charge on any atom is 0.150 e. The second-order valence-corrected chi connectivity index (χ2v) is 5.69. The highest BCUT2D eigenvalue weighted by Crippen LogP contribution is 2.30. The monoisotopic (exact) mass is 178 g/mol. The number of sulfone groups is 1. The normalized spacial score (nSPS) is 25.5. The summed E-state index contributed by atoms with van der Waals surface area (Å²) in [5.74, 6) is 0.764. The lowest BCUT2D eigenvalue weighted by Gasteiger charge is -2.11. The minimum absolute atomic E-state index is 0.0405. The maximum atomic E-state index is 10.8. The molecule has 0 radical (unpaired) electrons. The van der Waals surface area contributed by atoms with Gasteiger partial charge in [-0.3, -0.25) is 0 Å². The van der Waals surface area contributed by atoms with E-state index in [4.69, 9.17) is 0 Å². The van der Waals surface area contributed by atoms with E-state index in [-0.39, 0.29) is 5.41 Å². The molecular weight excluding hydrogens is 160 g/mol. The Morgan fingerprint density at radius 3 is 1.73 bits per heavy atom. The van der Waals surface area contributed by atoms with Crippen molar-refractivity contribution in [3.05, 3.63) is 0 Å². The predicted molar refractivity (Wildman–Crippen MR) is 48.4 cm³/mol. The third-order valence-corrected chi connectivity index (χ3v) is 3.75. The van der Waals surface area contributed by atoms with Gasteiger partial charge in [0.25, 0.3) is 0 Å². The predicted octanol–water partition coefficient (Wildman–Crippen LogP) is 1.86. The Morgan fingerprint density at radius 1 is 1.18 bits per heavy atom. The van der Waals surface area contributed by atoms with Gasteiger partial charge in [-0.1, -0.05) is 27.7 Å². The maximum absolute atomic E-state index is 10.8. The molecule has 0 aromatic heterocycles. The number of hydrogen-bond donors (Lipinski definition) is 0. The van der Waals surface area contributed by atoms with Crippen LogP contribution in [0.4, 0.5) is 0 Å². The van der Waals surface area contributed by atoms with E-state index in [1.807, 2.05) is 27.7 Å². The van der Waals surface area contributed by atoms with Crippen molar-refractivity contribution in [3.63, 3.8) is 0 Å². The summed E-state index contributed by atoms with van der Waals surface area (Å²) < 4.78 is 21.7. The van der Waals surface area contributed by atoms with Gasteiger partial charge in [0.15, 0.2) is 9.84 Å². The average molecular weight is 178 g/mol. The molecule has 1 rings (SSSR count). The summed E-state index contributed by atoms with van der Waals surface area (Å²) in [5, 5.41) is 0. The highest BCUT2D eigenvalue weighted by molar-refractivity contribution is 7.91. The summed E-state index contributed by atoms with van der Waals surface area (Å²) in [6, 6.07) is 0.